The molecule has 0 heterocycles. The first-order valence-corrected chi connectivity index (χ1v) is 46.3. The predicted octanol–water partition coefficient (Wildman–Crippen LogP) is 27.1. The van der Waals surface area contributed by atoms with Gasteiger partial charge in [-0.1, -0.05) is 146 Å². The fraction of sp³-hybridized carbons (Fsp3) is 0.240. The molecule has 0 saturated heterocycles. The zero-order valence-corrected chi connectivity index (χ0v) is 77.7. The summed E-state index contributed by atoms with van der Waals surface area (Å²) in [6.45, 7) is -4.36. The molecule has 0 spiro atoms. The van der Waals surface area contributed by atoms with Crippen LogP contribution in [0.2, 0.25) is 0 Å². The fourth-order valence-corrected chi connectivity index (χ4v) is 21.4. The van der Waals surface area contributed by atoms with E-state index in [2.05, 4.69) is 18.9 Å². The number of hydrogen-bond donors (Lipinski definition) is 0. The van der Waals surface area contributed by atoms with Crippen molar-refractivity contribution in [1.82, 2.24) is 0 Å². The largest absolute Gasteiger partial charge is 0.482 e. The molecular formula is C100H82F26O12S4+4. The van der Waals surface area contributed by atoms with Gasteiger partial charge in [0.2, 0.25) is 0 Å². The maximum Gasteiger partial charge on any atom is 0.460 e. The van der Waals surface area contributed by atoms with E-state index in [0.29, 0.717) is 28.0 Å². The van der Waals surface area contributed by atoms with Crippen LogP contribution in [0.15, 0.2) is 368 Å². The van der Waals surface area contributed by atoms with Gasteiger partial charge in [-0.15, -0.1) is 0 Å². The first kappa shape index (κ1) is 113. The molecule has 0 fully saturated rings. The predicted molar refractivity (Wildman–Crippen MR) is 474 cm³/mol. The number of ether oxygens (including phenoxy) is 8. The number of benzene rings is 12. The molecule has 0 amide bonds. The topological polar surface area (TPSA) is 142 Å². The van der Waals surface area contributed by atoms with Crippen LogP contribution in [-0.2, 0) is 81.7 Å². The van der Waals surface area contributed by atoms with E-state index in [0.717, 1.165) is 64.3 Å². The summed E-state index contributed by atoms with van der Waals surface area (Å²) in [6.07, 6.45) is -25.3. The number of carbonyl (C=O) groups is 4. The van der Waals surface area contributed by atoms with Crippen molar-refractivity contribution >= 4 is 67.5 Å². The van der Waals surface area contributed by atoms with Gasteiger partial charge in [0, 0.05) is 29.8 Å². The van der Waals surface area contributed by atoms with Crippen molar-refractivity contribution in [3.05, 3.63) is 337 Å². The van der Waals surface area contributed by atoms with Crippen LogP contribution in [0.3, 0.4) is 0 Å². The monoisotopic (exact) mass is 2100 g/mol. The van der Waals surface area contributed by atoms with Crippen LogP contribution in [0.4, 0.5) is 114 Å². The number of rotatable bonds is 35. The van der Waals surface area contributed by atoms with Crippen molar-refractivity contribution in [2.24, 2.45) is 0 Å². The molecule has 12 aromatic carbocycles. The van der Waals surface area contributed by atoms with Gasteiger partial charge in [-0.3, -0.25) is 0 Å². The second-order valence-corrected chi connectivity index (χ2v) is 38.3. The first-order chi connectivity index (χ1) is 66.5. The zero-order valence-electron chi connectivity index (χ0n) is 74.5. The van der Waals surface area contributed by atoms with Crippen molar-refractivity contribution in [1.29, 1.82) is 0 Å². The summed E-state index contributed by atoms with van der Waals surface area (Å²) in [7, 11) is -1.82. The number of esters is 4. The van der Waals surface area contributed by atoms with Gasteiger partial charge in [0.1, 0.15) is 23.0 Å². The Morgan fingerprint density at radius 3 is 0.648 bits per heavy atom. The molecule has 0 aliphatic carbocycles. The zero-order chi connectivity index (χ0) is 105. The van der Waals surface area contributed by atoms with E-state index in [1.807, 2.05) is 274 Å². The number of alkyl halides is 26. The van der Waals surface area contributed by atoms with Crippen molar-refractivity contribution in [2.75, 3.05) is 52.9 Å². The molecule has 12 aromatic rings. The average Bonchev–Trinajstić information content (AvgIpc) is 0.784. The summed E-state index contributed by atoms with van der Waals surface area (Å²) in [6, 6.07) is 97.1. The van der Waals surface area contributed by atoms with Crippen LogP contribution < -0.4 is 18.9 Å². The van der Waals surface area contributed by atoms with Gasteiger partial charge in [-0.25, -0.2) is 19.2 Å². The summed E-state index contributed by atoms with van der Waals surface area (Å²) in [4.78, 5) is 59.1. The molecule has 0 unspecified atom stereocenters. The Balaban J connectivity index is 0.000000211. The Bertz CT molecular complexity index is 5880. The third kappa shape index (κ3) is 29.7. The molecule has 142 heavy (non-hydrogen) atoms. The highest BCUT2D eigenvalue weighted by Crippen LogP contribution is 2.51. The van der Waals surface area contributed by atoms with Gasteiger partial charge in [0.15, 0.2) is 112 Å². The van der Waals surface area contributed by atoms with E-state index in [4.69, 9.17) is 18.9 Å². The second-order valence-electron chi connectivity index (χ2n) is 30.2. The van der Waals surface area contributed by atoms with Gasteiger partial charge < -0.3 is 37.9 Å². The normalized spacial score (nSPS) is 12.4. The molecule has 42 heteroatoms. The Labute approximate surface area is 807 Å². The van der Waals surface area contributed by atoms with E-state index < -0.39 is 186 Å². The molecule has 0 bridgehead atoms. The lowest BCUT2D eigenvalue weighted by Gasteiger charge is -2.27. The average molecular weight is 2100 g/mol. The van der Waals surface area contributed by atoms with Crippen LogP contribution in [0.5, 0.6) is 23.0 Å². The van der Waals surface area contributed by atoms with Gasteiger partial charge in [-0.05, 0) is 196 Å². The van der Waals surface area contributed by atoms with Crippen molar-refractivity contribution in [3.63, 3.8) is 0 Å². The minimum atomic E-state index is -6.51. The van der Waals surface area contributed by atoms with Crippen molar-refractivity contribution < 1.29 is 171 Å². The molecule has 0 saturated carbocycles. The highest BCUT2D eigenvalue weighted by molar-refractivity contribution is 7.98. The Morgan fingerprint density at radius 1 is 0.211 bits per heavy atom. The van der Waals surface area contributed by atoms with E-state index in [9.17, 15) is 133 Å². The molecule has 0 atom stereocenters. The third-order valence-electron chi connectivity index (χ3n) is 19.5. The minimum absolute atomic E-state index is 0.141. The summed E-state index contributed by atoms with van der Waals surface area (Å²) >= 11 is 0. The Hall–Kier alpha value is -12.7. The van der Waals surface area contributed by atoms with Crippen LogP contribution in [-0.4, -0.2) is 143 Å². The molecule has 0 aliphatic heterocycles. The quantitative estimate of drug-likeness (QED) is 0.0161. The van der Waals surface area contributed by atoms with Crippen LogP contribution >= 0.6 is 0 Å². The highest BCUT2D eigenvalue weighted by atomic mass is 32.2. The molecule has 0 N–H and O–H groups in total. The molecule has 12 rings (SSSR count). The lowest BCUT2D eigenvalue weighted by molar-refractivity contribution is -0.360. The van der Waals surface area contributed by atoms with E-state index in [1.165, 1.54) is 18.2 Å². The van der Waals surface area contributed by atoms with Crippen molar-refractivity contribution in [2.45, 2.75) is 160 Å². The van der Waals surface area contributed by atoms with Gasteiger partial charge >= 0.3 is 90.0 Å². The molecule has 756 valence electrons. The van der Waals surface area contributed by atoms with Crippen molar-refractivity contribution in [3.8, 4) is 23.0 Å². The molecular weight excluding hydrogens is 2020 g/mol. The molecule has 0 aliphatic rings. The second kappa shape index (κ2) is 48.4. The molecule has 0 aromatic heterocycles. The van der Waals surface area contributed by atoms with Crippen LogP contribution in [0.1, 0.15) is 27.8 Å². The number of aryl methyl sites for hydroxylation is 5. The number of carbonyl (C=O) groups excluding carboxylic acids is 4. The summed E-state index contributed by atoms with van der Waals surface area (Å²) in [5.74, 6) is -46.1. The maximum atomic E-state index is 13.4. The van der Waals surface area contributed by atoms with E-state index in [1.54, 1.807) is 52.0 Å². The Morgan fingerprint density at radius 2 is 0.415 bits per heavy atom. The fourth-order valence-electron chi connectivity index (χ4n) is 12.6. The first-order valence-electron chi connectivity index (χ1n) is 41.4. The SMILES string of the molecule is Cc1cc(OCC(=O)OCC(F)(F)C(F)(F)C(F)(F)F)ccc1[S+](c1ccccc1)c1ccccc1.Cc1cc([S+](c2ccccc2)c2ccccc2)cc(C)c1OCC(=O)OCC(F)(F)C(F)(F)C(F)(F)F.Cc1cc([S+](c2ccccc2)c2ccccc2)cc(C)c1OCC(=O)OCC(F)(F)C(F)(F)F.O=C(COc1ccc([S+](c2ccccc2)c2ccccc2)cc1)OCC(F)(F)C(F)(F)C(F)(F)F. The summed E-state index contributed by atoms with van der Waals surface area (Å²) < 4.78 is 366. The third-order valence-corrected chi connectivity index (χ3v) is 28.5. The standard InChI is InChI=1S/C26H22F7O3S.C25H20F7O3S.C25H22F5O3S.C24H18F7O3S/c1-17-13-21(37(19-9-5-3-6-10-19)20-11-7-4-8-12-20)14-18(2)23(17)35-15-22(34)36-16-24(27,28)25(29,30)26(31,32)33;1-17-14-18(34-15-22(33)35-16-23(26,27)24(28,29)25(30,31)32)12-13-21(17)36(19-8-4-2-5-9-19)20-10-6-3-7-11-20;1-17-13-21(34(19-9-5-3-6-10-19)20-11-7-4-8-12-20)14-18(2)23(17)32-15-22(31)33-16-24(26,27)25(28,29)30;25-22(26,23(27,28)24(29,30)31)16-34-21(32)15-33-17-11-13-20(14-12-17)35(18-7-3-1-4-8-18)19-9-5-2-6-10-19/h3-14H,15-16H2,1-2H3;2-14H,15-16H2,1H3;3-14H,15-16H2,1-2H3;1-14H,15-16H2/q4*+1. The number of halogens is 26. The summed E-state index contributed by atoms with van der Waals surface area (Å²) in [5, 5.41) is 0. The lowest BCUT2D eigenvalue weighted by Crippen LogP contribution is -2.54. The molecule has 12 nitrogen and oxygen atoms in total. The lowest BCUT2D eigenvalue weighted by atomic mass is 10.1. The van der Waals surface area contributed by atoms with E-state index >= 15 is 0 Å². The van der Waals surface area contributed by atoms with Gasteiger partial charge in [-0.2, -0.15) is 114 Å². The highest BCUT2D eigenvalue weighted by Gasteiger charge is 2.76. The van der Waals surface area contributed by atoms with Crippen LogP contribution in [0, 0.1) is 34.6 Å². The maximum absolute atomic E-state index is 13.4. The van der Waals surface area contributed by atoms with Gasteiger partial charge in [0.05, 0.1) is 43.6 Å². The summed E-state index contributed by atoms with van der Waals surface area (Å²) in [5.41, 5.74) is 3.36. The minimum Gasteiger partial charge on any atom is -0.482 e. The molecule has 0 radical (unpaired) electrons. The van der Waals surface area contributed by atoms with E-state index in [-0.39, 0.29) is 17.2 Å². The number of hydrogen-bond acceptors (Lipinski definition) is 12. The van der Waals surface area contributed by atoms with Crippen LogP contribution in [0.25, 0.3) is 0 Å². The Kier molecular flexibility index (Phi) is 38.5. The van der Waals surface area contributed by atoms with Gasteiger partial charge in [0.25, 0.3) is 0 Å². The smallest absolute Gasteiger partial charge is 0.460 e.